The van der Waals surface area contributed by atoms with Crippen LogP contribution in [0.15, 0.2) is 11.1 Å². The van der Waals surface area contributed by atoms with Crippen LogP contribution in [-0.2, 0) is 16.6 Å². The first-order valence-electron chi connectivity index (χ1n) is 6.65. The highest BCUT2D eigenvalue weighted by Gasteiger charge is 2.37. The van der Waals surface area contributed by atoms with E-state index in [1.165, 1.54) is 10.5 Å². The second-order valence-electron chi connectivity index (χ2n) is 5.40. The van der Waals surface area contributed by atoms with Crippen molar-refractivity contribution in [1.82, 2.24) is 14.1 Å². The lowest BCUT2D eigenvalue weighted by molar-refractivity contribution is 0.445. The van der Waals surface area contributed by atoms with Gasteiger partial charge in [0, 0.05) is 26.3 Å². The third-order valence-electron chi connectivity index (χ3n) is 3.66. The third-order valence-corrected chi connectivity index (χ3v) is 5.50. The van der Waals surface area contributed by atoms with E-state index in [9.17, 15) is 8.42 Å². The van der Waals surface area contributed by atoms with Crippen molar-refractivity contribution in [2.75, 3.05) is 19.3 Å². The maximum Gasteiger partial charge on any atom is 0.248 e. The van der Waals surface area contributed by atoms with Gasteiger partial charge < -0.3 is 5.73 Å². The van der Waals surface area contributed by atoms with Gasteiger partial charge in [-0.1, -0.05) is 13.8 Å². The molecule has 1 aliphatic rings. The van der Waals surface area contributed by atoms with E-state index in [-0.39, 0.29) is 10.7 Å². The zero-order valence-electron chi connectivity index (χ0n) is 11.7. The predicted octanol–water partition coefficient (Wildman–Crippen LogP) is 1.15. The van der Waals surface area contributed by atoms with Crippen molar-refractivity contribution in [3.05, 3.63) is 6.20 Å². The number of hydrogen-bond acceptors (Lipinski definition) is 4. The van der Waals surface area contributed by atoms with E-state index >= 15 is 0 Å². The normalized spacial score (nSPS) is 22.9. The molecule has 2 N–H and O–H groups in total. The molecular formula is C12H22N4O2S. The fourth-order valence-electron chi connectivity index (χ4n) is 2.21. The highest BCUT2D eigenvalue weighted by atomic mass is 32.2. The van der Waals surface area contributed by atoms with Crippen molar-refractivity contribution in [2.45, 2.75) is 38.1 Å². The minimum absolute atomic E-state index is 0.0872. The summed E-state index contributed by atoms with van der Waals surface area (Å²) < 4.78 is 27.9. The quantitative estimate of drug-likeness (QED) is 0.850. The zero-order valence-corrected chi connectivity index (χ0v) is 12.5. The zero-order chi connectivity index (χ0) is 14.2. The first-order valence-corrected chi connectivity index (χ1v) is 8.09. The van der Waals surface area contributed by atoms with Crippen LogP contribution in [0.5, 0.6) is 0 Å². The molecule has 1 saturated carbocycles. The number of rotatable bonds is 6. The summed E-state index contributed by atoms with van der Waals surface area (Å²) in [6.45, 7) is 5.37. The van der Waals surface area contributed by atoms with E-state index in [1.807, 2.05) is 6.92 Å². The molecule has 2 unspecified atom stereocenters. The summed E-state index contributed by atoms with van der Waals surface area (Å²) in [5.74, 6) is 1.19. The Morgan fingerprint density at radius 3 is 2.74 bits per heavy atom. The van der Waals surface area contributed by atoms with Crippen LogP contribution in [0.25, 0.3) is 0 Å². The molecule has 0 aromatic carbocycles. The molecule has 1 aromatic heterocycles. The SMILES string of the molecule is CCCn1cc(S(=O)(=O)N(C)CC2CC2C)c(N)n1. The maximum absolute atomic E-state index is 12.4. The number of hydrogen-bond donors (Lipinski definition) is 1. The number of aryl methyl sites for hydroxylation is 1. The fraction of sp³-hybridized carbons (Fsp3) is 0.750. The Labute approximate surface area is 114 Å². The molecule has 0 spiro atoms. The number of sulfonamides is 1. The van der Waals surface area contributed by atoms with Crippen LogP contribution in [0.2, 0.25) is 0 Å². The van der Waals surface area contributed by atoms with Gasteiger partial charge in [0.1, 0.15) is 4.90 Å². The van der Waals surface area contributed by atoms with Gasteiger partial charge in [-0.25, -0.2) is 12.7 Å². The molecule has 0 aliphatic heterocycles. The molecule has 19 heavy (non-hydrogen) atoms. The average molecular weight is 286 g/mol. The minimum atomic E-state index is -3.52. The van der Waals surface area contributed by atoms with Crippen LogP contribution in [0.3, 0.4) is 0 Å². The van der Waals surface area contributed by atoms with Crippen molar-refractivity contribution in [2.24, 2.45) is 11.8 Å². The number of anilines is 1. The molecule has 1 aromatic rings. The molecule has 6 nitrogen and oxygen atoms in total. The fourth-order valence-corrected chi connectivity index (χ4v) is 3.49. The topological polar surface area (TPSA) is 81.2 Å². The van der Waals surface area contributed by atoms with Crippen LogP contribution < -0.4 is 5.73 Å². The Morgan fingerprint density at radius 2 is 2.21 bits per heavy atom. The van der Waals surface area contributed by atoms with Gasteiger partial charge >= 0.3 is 0 Å². The Morgan fingerprint density at radius 1 is 1.58 bits per heavy atom. The summed E-state index contributed by atoms with van der Waals surface area (Å²) in [4.78, 5) is 0.122. The molecule has 108 valence electrons. The number of nitrogen functional groups attached to an aromatic ring is 1. The summed E-state index contributed by atoms with van der Waals surface area (Å²) >= 11 is 0. The van der Waals surface area contributed by atoms with Crippen molar-refractivity contribution in [1.29, 1.82) is 0 Å². The number of nitrogens with two attached hydrogens (primary N) is 1. The van der Waals surface area contributed by atoms with Gasteiger partial charge in [-0.3, -0.25) is 4.68 Å². The standard InChI is InChI=1S/C12H22N4O2S/c1-4-5-16-8-11(12(13)14-16)19(17,18)15(3)7-10-6-9(10)2/h8-10H,4-7H2,1-3H3,(H2,13,14). The summed E-state index contributed by atoms with van der Waals surface area (Å²) in [5, 5.41) is 4.05. The van der Waals surface area contributed by atoms with Gasteiger partial charge in [0.15, 0.2) is 5.82 Å². The summed E-state index contributed by atoms with van der Waals surface area (Å²) in [5.41, 5.74) is 5.73. The lowest BCUT2D eigenvalue weighted by Gasteiger charge is -2.16. The third kappa shape index (κ3) is 2.92. The number of aromatic nitrogens is 2. The lowest BCUT2D eigenvalue weighted by Crippen LogP contribution is -2.29. The van der Waals surface area contributed by atoms with Crippen LogP contribution >= 0.6 is 0 Å². The van der Waals surface area contributed by atoms with Gasteiger partial charge in [0.2, 0.25) is 10.0 Å². The number of nitrogens with zero attached hydrogens (tertiary/aromatic N) is 3. The van der Waals surface area contributed by atoms with E-state index in [2.05, 4.69) is 12.0 Å². The Bertz CT molecular complexity index is 552. The van der Waals surface area contributed by atoms with Crippen LogP contribution in [0.1, 0.15) is 26.7 Å². The Balaban J connectivity index is 2.18. The van der Waals surface area contributed by atoms with E-state index in [0.717, 1.165) is 12.8 Å². The van der Waals surface area contributed by atoms with E-state index in [1.54, 1.807) is 11.7 Å². The molecule has 0 amide bonds. The van der Waals surface area contributed by atoms with Crippen LogP contribution in [0.4, 0.5) is 5.82 Å². The molecule has 2 atom stereocenters. The smallest absolute Gasteiger partial charge is 0.248 e. The largest absolute Gasteiger partial charge is 0.381 e. The van der Waals surface area contributed by atoms with Gasteiger partial charge in [-0.15, -0.1) is 0 Å². The maximum atomic E-state index is 12.4. The molecule has 7 heteroatoms. The van der Waals surface area contributed by atoms with Crippen molar-refractivity contribution >= 4 is 15.8 Å². The van der Waals surface area contributed by atoms with Crippen LogP contribution in [-0.4, -0.2) is 36.1 Å². The second kappa shape index (κ2) is 5.13. The molecule has 2 rings (SSSR count). The van der Waals surface area contributed by atoms with Crippen molar-refractivity contribution in [3.8, 4) is 0 Å². The first-order chi connectivity index (χ1) is 8.86. The van der Waals surface area contributed by atoms with Crippen molar-refractivity contribution < 1.29 is 8.42 Å². The molecule has 1 aliphatic carbocycles. The van der Waals surface area contributed by atoms with Gasteiger partial charge in [-0.05, 0) is 24.7 Å². The summed E-state index contributed by atoms with van der Waals surface area (Å²) in [7, 11) is -1.91. The van der Waals surface area contributed by atoms with E-state index < -0.39 is 10.0 Å². The van der Waals surface area contributed by atoms with Gasteiger partial charge in [0.05, 0.1) is 0 Å². The molecule has 0 radical (unpaired) electrons. The molecular weight excluding hydrogens is 264 g/mol. The average Bonchev–Trinajstić information content (AvgIpc) is 2.86. The Hall–Kier alpha value is -1.08. The van der Waals surface area contributed by atoms with Crippen LogP contribution in [0, 0.1) is 11.8 Å². The minimum Gasteiger partial charge on any atom is -0.381 e. The molecule has 0 bridgehead atoms. The van der Waals surface area contributed by atoms with E-state index in [0.29, 0.717) is 24.9 Å². The molecule has 1 fully saturated rings. The summed E-state index contributed by atoms with van der Waals surface area (Å²) in [6.07, 6.45) is 3.52. The van der Waals surface area contributed by atoms with E-state index in [4.69, 9.17) is 5.73 Å². The molecule has 1 heterocycles. The van der Waals surface area contributed by atoms with Crippen molar-refractivity contribution in [3.63, 3.8) is 0 Å². The van der Waals surface area contributed by atoms with Gasteiger partial charge in [0.25, 0.3) is 0 Å². The predicted molar refractivity (Wildman–Crippen MR) is 74.0 cm³/mol. The molecule has 0 saturated heterocycles. The van der Waals surface area contributed by atoms with Gasteiger partial charge in [-0.2, -0.15) is 5.10 Å². The lowest BCUT2D eigenvalue weighted by atomic mass is 10.3. The second-order valence-corrected chi connectivity index (χ2v) is 7.41. The highest BCUT2D eigenvalue weighted by molar-refractivity contribution is 7.89. The first kappa shape index (κ1) is 14.3. The Kier molecular flexibility index (Phi) is 3.87. The monoisotopic (exact) mass is 286 g/mol. The highest BCUT2D eigenvalue weighted by Crippen LogP contribution is 2.38. The summed E-state index contributed by atoms with van der Waals surface area (Å²) in [6, 6.07) is 0.